The summed E-state index contributed by atoms with van der Waals surface area (Å²) in [5.74, 6) is -0.494. The first-order valence-corrected chi connectivity index (χ1v) is 8.23. The lowest BCUT2D eigenvalue weighted by Gasteiger charge is -2.32. The first-order valence-electron chi connectivity index (χ1n) is 8.23. The second-order valence-corrected chi connectivity index (χ2v) is 6.87. The van der Waals surface area contributed by atoms with Crippen molar-refractivity contribution in [3.05, 3.63) is 18.0 Å². The number of carbonyl (C=O) groups is 1. The van der Waals surface area contributed by atoms with E-state index in [-0.39, 0.29) is 18.2 Å². The van der Waals surface area contributed by atoms with E-state index in [0.717, 1.165) is 12.1 Å². The highest BCUT2D eigenvalue weighted by molar-refractivity contribution is 6.48. The minimum atomic E-state index is -0.501. The van der Waals surface area contributed by atoms with Crippen LogP contribution in [0.2, 0.25) is 0 Å². The molecular formula is C16H27BN2O4. The molecule has 1 aromatic heterocycles. The van der Waals surface area contributed by atoms with Crippen LogP contribution in [0.1, 0.15) is 59.3 Å². The quantitative estimate of drug-likeness (QED) is 0.595. The van der Waals surface area contributed by atoms with Gasteiger partial charge in [0, 0.05) is 18.6 Å². The average molecular weight is 322 g/mol. The van der Waals surface area contributed by atoms with Gasteiger partial charge in [-0.25, -0.2) is 0 Å². The Labute approximate surface area is 138 Å². The van der Waals surface area contributed by atoms with Gasteiger partial charge in [-0.2, -0.15) is 5.10 Å². The molecule has 1 aromatic rings. The van der Waals surface area contributed by atoms with Crippen LogP contribution in [0.5, 0.6) is 0 Å². The lowest BCUT2D eigenvalue weighted by atomic mass is 9.67. The Morgan fingerprint density at radius 2 is 1.91 bits per heavy atom. The van der Waals surface area contributed by atoms with Crippen LogP contribution in [-0.2, 0) is 25.4 Å². The van der Waals surface area contributed by atoms with Crippen LogP contribution in [0.3, 0.4) is 0 Å². The Morgan fingerprint density at radius 3 is 2.39 bits per heavy atom. The molecule has 0 radical (unpaired) electrons. The lowest BCUT2D eigenvalue weighted by molar-refractivity contribution is -0.143. The van der Waals surface area contributed by atoms with Crippen LogP contribution in [0, 0.1) is 0 Å². The number of hydrogen-bond acceptors (Lipinski definition) is 5. The average Bonchev–Trinajstić information content (AvgIpc) is 2.99. The summed E-state index contributed by atoms with van der Waals surface area (Å²) in [4.78, 5) is 12.0. The molecule has 0 amide bonds. The summed E-state index contributed by atoms with van der Waals surface area (Å²) in [6.07, 6.45) is 3.92. The van der Waals surface area contributed by atoms with E-state index in [4.69, 9.17) is 14.0 Å². The predicted octanol–water partition coefficient (Wildman–Crippen LogP) is 2.57. The molecule has 23 heavy (non-hydrogen) atoms. The smallest absolute Gasteiger partial charge is 0.466 e. The van der Waals surface area contributed by atoms with E-state index in [2.05, 4.69) is 5.10 Å². The number of aromatic nitrogens is 2. The summed E-state index contributed by atoms with van der Waals surface area (Å²) >= 11 is 0. The van der Waals surface area contributed by atoms with Gasteiger partial charge in [0.15, 0.2) is 0 Å². The van der Waals surface area contributed by atoms with Gasteiger partial charge < -0.3 is 14.0 Å². The first kappa shape index (κ1) is 18.0. The van der Waals surface area contributed by atoms with Crippen LogP contribution in [0.4, 0.5) is 0 Å². The SMILES string of the molecule is CCOC(=O)CC(B1OC(C)(C)C(C)(C)O1)c1cnn(CC)c1. The molecule has 128 valence electrons. The Bertz CT molecular complexity index is 540. The number of ether oxygens (including phenoxy) is 1. The van der Waals surface area contributed by atoms with Gasteiger partial charge in [0.1, 0.15) is 0 Å². The first-order chi connectivity index (χ1) is 10.7. The molecule has 1 atom stereocenters. The third-order valence-corrected chi connectivity index (χ3v) is 4.70. The van der Waals surface area contributed by atoms with Crippen molar-refractivity contribution < 1.29 is 18.8 Å². The minimum Gasteiger partial charge on any atom is -0.466 e. The monoisotopic (exact) mass is 322 g/mol. The Hall–Kier alpha value is -1.34. The molecule has 1 saturated heterocycles. The van der Waals surface area contributed by atoms with Crippen molar-refractivity contribution in [3.63, 3.8) is 0 Å². The highest BCUT2D eigenvalue weighted by Crippen LogP contribution is 2.41. The number of rotatable bonds is 6. The maximum absolute atomic E-state index is 12.0. The maximum atomic E-state index is 12.0. The molecule has 0 aliphatic carbocycles. The van der Waals surface area contributed by atoms with Crippen LogP contribution in [0.15, 0.2) is 12.4 Å². The van der Waals surface area contributed by atoms with Gasteiger partial charge in [-0.1, -0.05) is 0 Å². The van der Waals surface area contributed by atoms with Gasteiger partial charge in [0.25, 0.3) is 0 Å². The second-order valence-electron chi connectivity index (χ2n) is 6.87. The third-order valence-electron chi connectivity index (χ3n) is 4.70. The normalized spacial score (nSPS) is 20.5. The van der Waals surface area contributed by atoms with Crippen molar-refractivity contribution in [1.82, 2.24) is 9.78 Å². The van der Waals surface area contributed by atoms with Crippen molar-refractivity contribution >= 4 is 13.1 Å². The van der Waals surface area contributed by atoms with E-state index in [0.29, 0.717) is 6.61 Å². The van der Waals surface area contributed by atoms with Gasteiger partial charge in [0.05, 0.1) is 30.4 Å². The molecule has 1 fully saturated rings. The number of carbonyl (C=O) groups excluding carboxylic acids is 1. The summed E-state index contributed by atoms with van der Waals surface area (Å²) in [7, 11) is -0.501. The van der Waals surface area contributed by atoms with E-state index in [1.807, 2.05) is 45.5 Å². The summed E-state index contributed by atoms with van der Waals surface area (Å²) in [5.41, 5.74) is 0.0508. The van der Waals surface area contributed by atoms with Crippen LogP contribution < -0.4 is 0 Å². The summed E-state index contributed by atoms with van der Waals surface area (Å²) in [6, 6.07) is 0. The predicted molar refractivity (Wildman–Crippen MR) is 88.0 cm³/mol. The standard InChI is InChI=1S/C16H27BN2O4/c1-7-19-11-12(10-18-19)13(9-14(20)21-8-2)17-22-15(3,4)16(5,6)23-17/h10-11,13H,7-9H2,1-6H3. The fourth-order valence-electron chi connectivity index (χ4n) is 2.57. The number of nitrogens with zero attached hydrogens (tertiary/aromatic N) is 2. The van der Waals surface area contributed by atoms with Crippen LogP contribution in [0.25, 0.3) is 0 Å². The molecule has 6 nitrogen and oxygen atoms in total. The molecule has 7 heteroatoms. The van der Waals surface area contributed by atoms with Crippen molar-refractivity contribution in [1.29, 1.82) is 0 Å². The van der Waals surface area contributed by atoms with Gasteiger partial charge in [0.2, 0.25) is 0 Å². The number of esters is 1. The highest BCUT2D eigenvalue weighted by atomic mass is 16.7. The molecule has 0 saturated carbocycles. The largest absolute Gasteiger partial charge is 0.466 e. The van der Waals surface area contributed by atoms with Gasteiger partial charge in [-0.3, -0.25) is 9.48 Å². The van der Waals surface area contributed by atoms with E-state index in [1.165, 1.54) is 0 Å². The molecule has 1 aliphatic heterocycles. The summed E-state index contributed by atoms with van der Waals surface area (Å²) < 4.78 is 19.2. The van der Waals surface area contributed by atoms with Crippen molar-refractivity contribution in [2.75, 3.05) is 6.61 Å². The number of aryl methyl sites for hydroxylation is 1. The summed E-state index contributed by atoms with van der Waals surface area (Å²) in [6.45, 7) is 13.0. The van der Waals surface area contributed by atoms with E-state index in [1.54, 1.807) is 13.1 Å². The molecular weight excluding hydrogens is 295 g/mol. The number of hydrogen-bond donors (Lipinski definition) is 0. The van der Waals surface area contributed by atoms with E-state index in [9.17, 15) is 4.79 Å². The van der Waals surface area contributed by atoms with Gasteiger partial charge >= 0.3 is 13.1 Å². The third kappa shape index (κ3) is 3.78. The molecule has 2 heterocycles. The molecule has 0 aromatic carbocycles. The van der Waals surface area contributed by atoms with E-state index < -0.39 is 18.3 Å². The molecule has 1 aliphatic rings. The van der Waals surface area contributed by atoms with Crippen LogP contribution >= 0.6 is 0 Å². The Morgan fingerprint density at radius 1 is 1.30 bits per heavy atom. The highest BCUT2D eigenvalue weighted by Gasteiger charge is 2.54. The fraction of sp³-hybridized carbons (Fsp3) is 0.750. The minimum absolute atomic E-state index is 0.208. The summed E-state index contributed by atoms with van der Waals surface area (Å²) in [5, 5.41) is 4.31. The topological polar surface area (TPSA) is 62.6 Å². The van der Waals surface area contributed by atoms with Crippen molar-refractivity contribution in [2.24, 2.45) is 0 Å². The molecule has 0 N–H and O–H groups in total. The molecule has 2 rings (SSSR count). The Balaban J connectivity index is 2.25. The zero-order valence-electron chi connectivity index (χ0n) is 15.0. The van der Waals surface area contributed by atoms with E-state index >= 15 is 0 Å². The zero-order valence-corrected chi connectivity index (χ0v) is 15.0. The van der Waals surface area contributed by atoms with Crippen LogP contribution in [-0.4, -0.2) is 40.7 Å². The van der Waals surface area contributed by atoms with Gasteiger partial charge in [-0.05, 0) is 47.1 Å². The zero-order chi connectivity index (χ0) is 17.3. The second kappa shape index (κ2) is 6.65. The van der Waals surface area contributed by atoms with Crippen molar-refractivity contribution in [3.8, 4) is 0 Å². The molecule has 1 unspecified atom stereocenters. The molecule has 0 spiro atoms. The maximum Gasteiger partial charge on any atom is 0.466 e. The Kier molecular flexibility index (Phi) is 5.21. The van der Waals surface area contributed by atoms with Gasteiger partial charge in [-0.15, -0.1) is 0 Å². The van der Waals surface area contributed by atoms with Crippen molar-refractivity contribution in [2.45, 2.75) is 71.5 Å². The lowest BCUT2D eigenvalue weighted by Crippen LogP contribution is -2.41. The fourth-order valence-corrected chi connectivity index (χ4v) is 2.57. The molecule has 0 bridgehead atoms.